The van der Waals surface area contributed by atoms with Crippen LogP contribution < -0.4 is 4.74 Å². The van der Waals surface area contributed by atoms with Gasteiger partial charge in [0.1, 0.15) is 0 Å². The molecule has 2 aliphatic heterocycles. The molecule has 30 heavy (non-hydrogen) atoms. The Morgan fingerprint density at radius 1 is 1.13 bits per heavy atom. The summed E-state index contributed by atoms with van der Waals surface area (Å²) < 4.78 is 9.70. The Bertz CT molecular complexity index is 885. The van der Waals surface area contributed by atoms with Gasteiger partial charge < -0.3 is 0 Å². The molecule has 0 N–H and O–H groups in total. The average Bonchev–Trinajstić information content (AvgIpc) is 3.13. The van der Waals surface area contributed by atoms with E-state index in [4.69, 9.17) is 16.3 Å². The molecule has 1 saturated heterocycles. The fourth-order valence-corrected chi connectivity index (χ4v) is 10.8. The summed E-state index contributed by atoms with van der Waals surface area (Å²) in [5, 5.41) is 0.863. The van der Waals surface area contributed by atoms with Crippen molar-refractivity contribution < 1.29 is 9.53 Å². The van der Waals surface area contributed by atoms with Gasteiger partial charge in [0.2, 0.25) is 0 Å². The number of rotatable bonds is 5. The van der Waals surface area contributed by atoms with Gasteiger partial charge in [-0.3, -0.25) is 0 Å². The molecule has 164 valence electrons. The molecule has 2 aliphatic rings. The van der Waals surface area contributed by atoms with Crippen molar-refractivity contribution in [3.05, 3.63) is 52.8 Å². The Balaban J connectivity index is 1.40. The number of alkyl halides is 3. The Kier molecular flexibility index (Phi) is 6.68. The maximum absolute atomic E-state index is 13.1. The van der Waals surface area contributed by atoms with Crippen molar-refractivity contribution in [3.8, 4) is 5.75 Å². The van der Waals surface area contributed by atoms with Gasteiger partial charge in [-0.2, -0.15) is 0 Å². The van der Waals surface area contributed by atoms with Gasteiger partial charge in [0.15, 0.2) is 0 Å². The van der Waals surface area contributed by atoms with Crippen LogP contribution in [0.1, 0.15) is 49.2 Å². The zero-order valence-corrected chi connectivity index (χ0v) is 21.1. The van der Waals surface area contributed by atoms with Crippen molar-refractivity contribution in [2.45, 2.75) is 43.1 Å². The van der Waals surface area contributed by atoms with Crippen LogP contribution in [0.4, 0.5) is 0 Å². The van der Waals surface area contributed by atoms with Crippen LogP contribution in [0.15, 0.2) is 36.4 Å². The summed E-state index contributed by atoms with van der Waals surface area (Å²) in [6, 6.07) is 11.9. The van der Waals surface area contributed by atoms with Crippen LogP contribution in [0.3, 0.4) is 0 Å². The van der Waals surface area contributed by atoms with Crippen LogP contribution in [0.25, 0.3) is 0 Å². The predicted octanol–water partition coefficient (Wildman–Crippen LogP) is 5.85. The first-order valence-corrected chi connectivity index (χ1v) is 16.0. The van der Waals surface area contributed by atoms with E-state index in [9.17, 15) is 4.79 Å². The number of benzene rings is 1. The number of likely N-dealkylation sites (tertiary alicyclic amines) is 1. The molecule has 4 rings (SSSR count). The van der Waals surface area contributed by atoms with Crippen molar-refractivity contribution >= 4 is 37.3 Å². The molecule has 0 unspecified atom stereocenters. The van der Waals surface area contributed by atoms with E-state index in [0.717, 1.165) is 55.4 Å². The number of piperidine rings is 1. The quantitative estimate of drug-likeness (QED) is 0.351. The summed E-state index contributed by atoms with van der Waals surface area (Å²) in [4.78, 5) is 17.6. The first-order valence-electron chi connectivity index (χ1n) is 10.8. The van der Waals surface area contributed by atoms with Gasteiger partial charge in [-0.1, -0.05) is 13.8 Å². The molecule has 2 aromatic rings. The molecular weight excluding hydrogens is 511 g/mol. The summed E-state index contributed by atoms with van der Waals surface area (Å²) in [7, 11) is 0. The topological polar surface area (TPSA) is 34.5 Å². The first kappa shape index (κ1) is 22.0. The fraction of sp³-hybridized carbons (Fsp3) is 0.542. The molecule has 4 nitrogen and oxygen atoms in total. The average molecular weight is 543 g/mol. The third kappa shape index (κ3) is 4.24. The molecule has 0 atom stereocenters. The van der Waals surface area contributed by atoms with Crippen molar-refractivity contribution in [2.24, 2.45) is 5.92 Å². The number of hydrogen-bond acceptors (Lipinski definition) is 2. The van der Waals surface area contributed by atoms with Crippen molar-refractivity contribution in [1.29, 1.82) is 0 Å². The van der Waals surface area contributed by atoms with E-state index in [0.29, 0.717) is 15.9 Å². The Morgan fingerprint density at radius 2 is 1.83 bits per heavy atom. The third-order valence-corrected chi connectivity index (χ3v) is 14.1. The Labute approximate surface area is 192 Å². The Morgan fingerprint density at radius 3 is 2.50 bits per heavy atom. The van der Waals surface area contributed by atoms with E-state index >= 15 is 0 Å². The number of hydrogen-bond donors (Lipinski definition) is 0. The third-order valence-electron chi connectivity index (χ3n) is 6.50. The molecule has 0 saturated carbocycles. The van der Waals surface area contributed by atoms with Crippen LogP contribution in [0, 0.1) is 5.92 Å². The number of carbonyl (C=O) groups is 1. The van der Waals surface area contributed by atoms with E-state index in [1.807, 2.05) is 29.2 Å². The molecule has 3 heterocycles. The van der Waals surface area contributed by atoms with Crippen LogP contribution in [0.2, 0.25) is 5.15 Å². The van der Waals surface area contributed by atoms with Gasteiger partial charge in [-0.25, -0.2) is 0 Å². The SMILES string of the molecule is CC(C)CCOc1ccc(C(=O)N2CCC3(CC2)c2ccc(Cl)n2CCI3C)cc1. The second kappa shape index (κ2) is 9.11. The molecule has 0 radical (unpaired) electrons. The summed E-state index contributed by atoms with van der Waals surface area (Å²) in [5.74, 6) is 1.60. The molecule has 0 bridgehead atoms. The fourth-order valence-electron chi connectivity index (χ4n) is 4.55. The van der Waals surface area contributed by atoms with E-state index < -0.39 is 19.8 Å². The summed E-state index contributed by atoms with van der Waals surface area (Å²) in [6.45, 7) is 7.82. The Hall–Kier alpha value is -1.21. The normalized spacial score (nSPS) is 19.2. The van der Waals surface area contributed by atoms with Gasteiger partial charge >= 0.3 is 173 Å². The zero-order valence-electron chi connectivity index (χ0n) is 18.2. The van der Waals surface area contributed by atoms with Crippen LogP contribution in [-0.2, 0) is 9.97 Å². The van der Waals surface area contributed by atoms with Crippen molar-refractivity contribution in [1.82, 2.24) is 9.47 Å². The molecule has 1 aromatic heterocycles. The number of aromatic nitrogens is 1. The summed E-state index contributed by atoms with van der Waals surface area (Å²) in [6.07, 6.45) is 3.17. The number of fused-ring (bicyclic) bond motifs is 2. The number of carbonyl (C=O) groups excluding carboxylic acids is 1. The zero-order chi connectivity index (χ0) is 21.3. The predicted molar refractivity (Wildman–Crippen MR) is 132 cm³/mol. The number of halogens is 2. The molecule has 1 aromatic carbocycles. The van der Waals surface area contributed by atoms with Crippen molar-refractivity contribution in [3.63, 3.8) is 0 Å². The number of ether oxygens (including phenoxy) is 1. The van der Waals surface area contributed by atoms with E-state index in [1.54, 1.807) is 0 Å². The molecule has 1 fully saturated rings. The van der Waals surface area contributed by atoms with E-state index in [-0.39, 0.29) is 5.91 Å². The van der Waals surface area contributed by atoms with Gasteiger partial charge in [0, 0.05) is 0 Å². The standard InChI is InChI=1S/C24H32ClIN2O2/c1-18(2)10-17-30-20-6-4-19(5-7-20)23(29)27-14-11-24(12-15-27)21-8-9-22(25)28(21)16-13-26(24)3/h4-9,18H,10-17H2,1-3H3. The molecule has 0 aliphatic carbocycles. The van der Waals surface area contributed by atoms with Crippen LogP contribution >= 0.6 is 31.4 Å². The van der Waals surface area contributed by atoms with Gasteiger partial charge in [0.05, 0.1) is 0 Å². The molecule has 1 amide bonds. The van der Waals surface area contributed by atoms with Crippen molar-refractivity contribution in [2.75, 3.05) is 29.1 Å². The number of amides is 1. The second-order valence-electron chi connectivity index (χ2n) is 8.78. The summed E-state index contributed by atoms with van der Waals surface area (Å²) >= 11 is 5.31. The van der Waals surface area contributed by atoms with E-state index in [1.165, 1.54) is 10.1 Å². The van der Waals surface area contributed by atoms with Gasteiger partial charge in [-0.05, 0) is 5.92 Å². The van der Waals surface area contributed by atoms with Gasteiger partial charge in [-0.15, -0.1) is 0 Å². The second-order valence-corrected chi connectivity index (χ2v) is 15.7. The first-order chi connectivity index (χ1) is 14.4. The molecular formula is C24H32ClIN2O2. The molecule has 6 heteroatoms. The minimum absolute atomic E-state index is 0.138. The summed E-state index contributed by atoms with van der Waals surface area (Å²) in [5.41, 5.74) is 2.19. The van der Waals surface area contributed by atoms with Crippen LogP contribution in [0.5, 0.6) is 5.75 Å². The van der Waals surface area contributed by atoms with Gasteiger partial charge in [0.25, 0.3) is 0 Å². The molecule has 1 spiro atoms. The van der Waals surface area contributed by atoms with E-state index in [2.05, 4.69) is 35.5 Å². The minimum atomic E-state index is -1.12. The maximum atomic E-state index is 13.1. The van der Waals surface area contributed by atoms with Crippen LogP contribution in [-0.4, -0.2) is 44.4 Å². The number of nitrogens with zero attached hydrogens (tertiary/aromatic N) is 2. The monoisotopic (exact) mass is 542 g/mol.